The molecule has 7 heteroatoms. The molecule has 0 bridgehead atoms. The molecule has 0 aliphatic carbocycles. The zero-order valence-corrected chi connectivity index (χ0v) is 13.6. The molecule has 0 aliphatic heterocycles. The molecule has 3 aromatic rings. The zero-order chi connectivity index (χ0) is 16.8. The van der Waals surface area contributed by atoms with E-state index in [1.165, 1.54) is 0 Å². The van der Waals surface area contributed by atoms with Crippen molar-refractivity contribution in [3.05, 3.63) is 54.1 Å². The van der Waals surface area contributed by atoms with Crippen molar-refractivity contribution >= 4 is 5.95 Å². The third-order valence-corrected chi connectivity index (χ3v) is 3.62. The van der Waals surface area contributed by atoms with Crippen molar-refractivity contribution in [3.8, 4) is 17.2 Å². The maximum Gasteiger partial charge on any atom is 0.247 e. The Balaban J connectivity index is 1.65. The summed E-state index contributed by atoms with van der Waals surface area (Å²) < 4.78 is 12.2. The van der Waals surface area contributed by atoms with Crippen molar-refractivity contribution < 1.29 is 9.47 Å². The first-order chi connectivity index (χ1) is 11.8. The lowest BCUT2D eigenvalue weighted by Gasteiger charge is -2.10. The van der Waals surface area contributed by atoms with Crippen LogP contribution in [0.25, 0.3) is 5.69 Å². The van der Waals surface area contributed by atoms with Crippen LogP contribution in [0.4, 0.5) is 5.95 Å². The van der Waals surface area contributed by atoms with Gasteiger partial charge in [-0.1, -0.05) is 29.4 Å². The molecule has 3 rings (SSSR count). The number of nitrogens with zero attached hydrogens (tertiary/aromatic N) is 4. The number of para-hydroxylation sites is 1. The van der Waals surface area contributed by atoms with Crippen LogP contribution in [-0.4, -0.2) is 41.0 Å². The highest BCUT2D eigenvalue weighted by Crippen LogP contribution is 2.27. The first-order valence-electron chi connectivity index (χ1n) is 7.60. The summed E-state index contributed by atoms with van der Waals surface area (Å²) in [5, 5.41) is 15.0. The van der Waals surface area contributed by atoms with Gasteiger partial charge in [-0.05, 0) is 46.7 Å². The van der Waals surface area contributed by atoms with Crippen LogP contribution in [0.3, 0.4) is 0 Å². The van der Waals surface area contributed by atoms with Crippen molar-refractivity contribution in [1.82, 2.24) is 20.2 Å². The second-order valence-corrected chi connectivity index (χ2v) is 5.12. The van der Waals surface area contributed by atoms with Crippen molar-refractivity contribution in [2.45, 2.75) is 6.42 Å². The Kier molecular flexibility index (Phi) is 4.90. The van der Waals surface area contributed by atoms with Gasteiger partial charge in [0.05, 0.1) is 19.9 Å². The second kappa shape index (κ2) is 7.45. The number of nitrogens with one attached hydrogen (secondary N) is 1. The minimum absolute atomic E-state index is 0.613. The summed E-state index contributed by atoms with van der Waals surface area (Å²) in [7, 11) is 3.26. The van der Waals surface area contributed by atoms with Crippen LogP contribution in [0, 0.1) is 0 Å². The average Bonchev–Trinajstić information content (AvgIpc) is 3.11. The Morgan fingerprint density at radius 1 is 1.00 bits per heavy atom. The van der Waals surface area contributed by atoms with E-state index in [4.69, 9.17) is 9.47 Å². The second-order valence-electron chi connectivity index (χ2n) is 5.12. The molecule has 124 valence electrons. The molecular formula is C17H19N5O2. The Morgan fingerprint density at radius 2 is 1.79 bits per heavy atom. The summed E-state index contributed by atoms with van der Waals surface area (Å²) in [6, 6.07) is 15.7. The maximum atomic E-state index is 5.32. The van der Waals surface area contributed by atoms with Crippen molar-refractivity contribution in [2.24, 2.45) is 0 Å². The predicted molar refractivity (Wildman–Crippen MR) is 90.9 cm³/mol. The quantitative estimate of drug-likeness (QED) is 0.719. The topological polar surface area (TPSA) is 74.1 Å². The van der Waals surface area contributed by atoms with Gasteiger partial charge in [-0.25, -0.2) is 0 Å². The largest absolute Gasteiger partial charge is 0.493 e. The molecule has 0 radical (unpaired) electrons. The molecule has 24 heavy (non-hydrogen) atoms. The fourth-order valence-corrected chi connectivity index (χ4v) is 2.40. The minimum Gasteiger partial charge on any atom is -0.493 e. The molecule has 1 N–H and O–H groups in total. The van der Waals surface area contributed by atoms with Crippen LogP contribution in [0.1, 0.15) is 5.56 Å². The van der Waals surface area contributed by atoms with E-state index in [0.29, 0.717) is 12.5 Å². The molecule has 0 aliphatic rings. The van der Waals surface area contributed by atoms with Gasteiger partial charge in [0, 0.05) is 6.54 Å². The van der Waals surface area contributed by atoms with E-state index < -0.39 is 0 Å². The lowest BCUT2D eigenvalue weighted by atomic mass is 10.1. The third kappa shape index (κ3) is 3.45. The number of anilines is 1. The van der Waals surface area contributed by atoms with Crippen molar-refractivity contribution in [1.29, 1.82) is 0 Å². The number of methoxy groups -OCH3 is 2. The van der Waals surface area contributed by atoms with Gasteiger partial charge in [-0.15, -0.1) is 0 Å². The van der Waals surface area contributed by atoms with Gasteiger partial charge in [0.1, 0.15) is 0 Å². The molecule has 0 saturated carbocycles. The Morgan fingerprint density at radius 3 is 2.54 bits per heavy atom. The van der Waals surface area contributed by atoms with E-state index in [2.05, 4.69) is 20.8 Å². The Labute approximate surface area is 140 Å². The molecule has 7 nitrogen and oxygen atoms in total. The van der Waals surface area contributed by atoms with E-state index in [-0.39, 0.29) is 0 Å². The normalized spacial score (nSPS) is 10.4. The lowest BCUT2D eigenvalue weighted by Crippen LogP contribution is -2.10. The monoisotopic (exact) mass is 325 g/mol. The molecule has 0 saturated heterocycles. The lowest BCUT2D eigenvalue weighted by molar-refractivity contribution is 0.354. The Bertz CT molecular complexity index is 789. The average molecular weight is 325 g/mol. The van der Waals surface area contributed by atoms with Gasteiger partial charge in [-0.2, -0.15) is 4.68 Å². The van der Waals surface area contributed by atoms with Crippen LogP contribution in [0.2, 0.25) is 0 Å². The SMILES string of the molecule is COc1ccc(CCNc2nnnn2-c2ccccc2)cc1OC. The molecule has 0 atom stereocenters. The standard InChI is InChI=1S/C17H19N5O2/c1-23-15-9-8-13(12-16(15)24-2)10-11-18-17-19-20-21-22(17)14-6-4-3-5-7-14/h3-9,12H,10-11H2,1-2H3,(H,18,19,21). The maximum absolute atomic E-state index is 5.32. The van der Waals surface area contributed by atoms with Gasteiger partial charge in [0.2, 0.25) is 5.95 Å². The highest BCUT2D eigenvalue weighted by Gasteiger charge is 2.08. The molecule has 2 aromatic carbocycles. The molecule has 0 fully saturated rings. The molecular weight excluding hydrogens is 306 g/mol. The molecule has 0 amide bonds. The highest BCUT2D eigenvalue weighted by molar-refractivity contribution is 5.43. The summed E-state index contributed by atoms with van der Waals surface area (Å²) in [6.45, 7) is 0.697. The van der Waals surface area contributed by atoms with Crippen LogP contribution in [0.5, 0.6) is 11.5 Å². The van der Waals surface area contributed by atoms with Crippen LogP contribution in [-0.2, 0) is 6.42 Å². The van der Waals surface area contributed by atoms with Crippen molar-refractivity contribution in [2.75, 3.05) is 26.1 Å². The summed E-state index contributed by atoms with van der Waals surface area (Å²) in [4.78, 5) is 0. The predicted octanol–water partition coefficient (Wildman–Crippen LogP) is 2.33. The smallest absolute Gasteiger partial charge is 0.247 e. The van der Waals surface area contributed by atoms with Gasteiger partial charge in [0.15, 0.2) is 11.5 Å². The van der Waals surface area contributed by atoms with Crippen LogP contribution < -0.4 is 14.8 Å². The summed E-state index contributed by atoms with van der Waals surface area (Å²) in [5.74, 6) is 2.06. The fraction of sp³-hybridized carbons (Fsp3) is 0.235. The zero-order valence-electron chi connectivity index (χ0n) is 13.6. The first-order valence-corrected chi connectivity index (χ1v) is 7.60. The molecule has 1 heterocycles. The van der Waals surface area contributed by atoms with Gasteiger partial charge in [-0.3, -0.25) is 0 Å². The van der Waals surface area contributed by atoms with E-state index >= 15 is 0 Å². The van der Waals surface area contributed by atoms with E-state index in [0.717, 1.165) is 29.2 Å². The first kappa shape index (κ1) is 15.8. The van der Waals surface area contributed by atoms with E-state index in [1.54, 1.807) is 18.9 Å². The molecule has 1 aromatic heterocycles. The minimum atomic E-state index is 0.613. The Hall–Kier alpha value is -3.09. The van der Waals surface area contributed by atoms with Crippen LogP contribution in [0.15, 0.2) is 48.5 Å². The number of rotatable bonds is 7. The van der Waals surface area contributed by atoms with Gasteiger partial charge >= 0.3 is 0 Å². The van der Waals surface area contributed by atoms with Gasteiger partial charge in [0.25, 0.3) is 0 Å². The molecule has 0 spiro atoms. The highest BCUT2D eigenvalue weighted by atomic mass is 16.5. The summed E-state index contributed by atoms with van der Waals surface area (Å²) >= 11 is 0. The fourth-order valence-electron chi connectivity index (χ4n) is 2.40. The van der Waals surface area contributed by atoms with Crippen LogP contribution >= 0.6 is 0 Å². The number of tetrazole rings is 1. The summed E-state index contributed by atoms with van der Waals surface area (Å²) in [5.41, 5.74) is 2.05. The number of hydrogen-bond donors (Lipinski definition) is 1. The number of ether oxygens (including phenoxy) is 2. The summed E-state index contributed by atoms with van der Waals surface area (Å²) in [6.07, 6.45) is 0.808. The van der Waals surface area contributed by atoms with E-state index in [9.17, 15) is 0 Å². The van der Waals surface area contributed by atoms with Crippen molar-refractivity contribution in [3.63, 3.8) is 0 Å². The van der Waals surface area contributed by atoms with Gasteiger partial charge < -0.3 is 14.8 Å². The molecule has 0 unspecified atom stereocenters. The number of aromatic nitrogens is 4. The number of hydrogen-bond acceptors (Lipinski definition) is 6. The third-order valence-electron chi connectivity index (χ3n) is 3.62. The van der Waals surface area contributed by atoms with E-state index in [1.807, 2.05) is 48.5 Å². The number of benzene rings is 2.